The molecule has 0 spiro atoms. The van der Waals surface area contributed by atoms with Crippen molar-refractivity contribution in [3.05, 3.63) is 35.9 Å². The molecule has 1 fully saturated rings. The molecular formula is C40H68N6O9. The van der Waals surface area contributed by atoms with E-state index in [-0.39, 0.29) is 54.9 Å². The van der Waals surface area contributed by atoms with Crippen LogP contribution in [0.15, 0.2) is 30.3 Å². The van der Waals surface area contributed by atoms with Crippen molar-refractivity contribution < 1.29 is 43.4 Å². The lowest BCUT2D eigenvalue weighted by molar-refractivity contribution is -0.148. The summed E-state index contributed by atoms with van der Waals surface area (Å²) in [5, 5.41) is 18.7. The summed E-state index contributed by atoms with van der Waals surface area (Å²) in [7, 11) is 4.71. The van der Waals surface area contributed by atoms with Gasteiger partial charge < -0.3 is 45.2 Å². The molecule has 1 heterocycles. The molecule has 1 aromatic rings. The average molecular weight is 777 g/mol. The Kier molecular flexibility index (Phi) is 20.3. The smallest absolute Gasteiger partial charge is 0.326 e. The number of carboxylic acid groups (broad SMARTS) is 1. The maximum absolute atomic E-state index is 14.2. The summed E-state index contributed by atoms with van der Waals surface area (Å²) in [6.07, 6.45) is 0.704. The number of nitrogens with two attached hydrogens (primary N) is 1. The number of likely N-dealkylation sites (N-methyl/N-ethyl adjacent to an activating group) is 1. The highest BCUT2D eigenvalue weighted by Gasteiger charge is 2.43. The molecule has 55 heavy (non-hydrogen) atoms. The molecule has 0 aromatic heterocycles. The fourth-order valence-corrected chi connectivity index (χ4v) is 7.54. The number of nitrogens with zero attached hydrogens (tertiary/aromatic N) is 2. The van der Waals surface area contributed by atoms with Crippen molar-refractivity contribution in [2.75, 3.05) is 41.0 Å². The van der Waals surface area contributed by atoms with E-state index in [1.54, 1.807) is 23.8 Å². The third kappa shape index (κ3) is 13.5. The van der Waals surface area contributed by atoms with E-state index in [0.717, 1.165) is 5.56 Å². The minimum absolute atomic E-state index is 0.0317. The van der Waals surface area contributed by atoms with Gasteiger partial charge in [-0.3, -0.25) is 19.2 Å². The molecule has 312 valence electrons. The Morgan fingerprint density at radius 3 is 2.11 bits per heavy atom. The predicted octanol–water partition coefficient (Wildman–Crippen LogP) is 2.36. The summed E-state index contributed by atoms with van der Waals surface area (Å²) < 4.78 is 11.9. The number of amides is 4. The van der Waals surface area contributed by atoms with E-state index in [9.17, 15) is 29.1 Å². The summed E-state index contributed by atoms with van der Waals surface area (Å²) in [6.45, 7) is 14.3. The van der Waals surface area contributed by atoms with Gasteiger partial charge in [-0.15, -0.1) is 0 Å². The number of methoxy groups -OCH3 is 2. The first-order valence-corrected chi connectivity index (χ1v) is 19.6. The number of rotatable bonds is 24. The minimum atomic E-state index is -1.14. The van der Waals surface area contributed by atoms with E-state index in [2.05, 4.69) is 20.8 Å². The largest absolute Gasteiger partial charge is 0.480 e. The molecule has 1 aromatic carbocycles. The lowest BCUT2D eigenvalue weighted by atomic mass is 9.89. The summed E-state index contributed by atoms with van der Waals surface area (Å²) in [5.74, 6) is 1.59. The summed E-state index contributed by atoms with van der Waals surface area (Å²) in [4.78, 5) is 75.5. The monoisotopic (exact) mass is 777 g/mol. The zero-order chi connectivity index (χ0) is 41.4. The van der Waals surface area contributed by atoms with Crippen molar-refractivity contribution in [3.63, 3.8) is 0 Å². The quantitative estimate of drug-likeness (QED) is 0.0763. The molecule has 0 radical (unpaired) electrons. The topological polar surface area (TPSA) is 202 Å². The fourth-order valence-electron chi connectivity index (χ4n) is 7.54. The molecule has 9 atom stereocenters. The number of aliphatic carboxylic acids is 1. The van der Waals surface area contributed by atoms with Gasteiger partial charge >= 0.3 is 5.97 Å². The summed E-state index contributed by atoms with van der Waals surface area (Å²) in [5.41, 5.74) is 0.779. The predicted molar refractivity (Wildman–Crippen MR) is 209 cm³/mol. The summed E-state index contributed by atoms with van der Waals surface area (Å²) >= 11 is 0. The van der Waals surface area contributed by atoms with Gasteiger partial charge in [0.05, 0.1) is 49.3 Å². The SMILES string of the molecule is CC[C@H](C)[C@@H]([C@@H](CC(=O)N1CCC[C@H]1[C@H](OC)[C@@H](C)C(=O)N[C@@H](Cc1ccccc1)C(=O)O)OC)N(C)C(=O)[C@@H](NC(=O)[C@@H](NCCON)C(C)C)C(C)C. The highest BCUT2D eigenvalue weighted by molar-refractivity contribution is 5.90. The highest BCUT2D eigenvalue weighted by atomic mass is 16.6. The van der Waals surface area contributed by atoms with E-state index in [0.29, 0.717) is 32.4 Å². The van der Waals surface area contributed by atoms with Crippen molar-refractivity contribution in [1.82, 2.24) is 25.8 Å². The number of hydrogen-bond donors (Lipinski definition) is 5. The second-order valence-electron chi connectivity index (χ2n) is 15.5. The number of ether oxygens (including phenoxy) is 2. The zero-order valence-corrected chi connectivity index (χ0v) is 34.6. The number of carbonyl (C=O) groups is 5. The van der Waals surface area contributed by atoms with Gasteiger partial charge in [-0.05, 0) is 36.2 Å². The van der Waals surface area contributed by atoms with Crippen LogP contribution in [0.1, 0.15) is 79.7 Å². The standard InChI is InChI=1S/C40H68N6O9/c1-11-26(6)35(45(8)39(50)34(25(4)5)44-38(49)33(24(2)3)42-19-21-55-41)31(53-9)23-32(47)46-20-15-18-30(46)36(54-10)27(7)37(48)43-29(40(51)52)22-28-16-13-12-14-17-28/h12-14,16-17,24-27,29-31,33-36,42H,11,15,18-23,41H2,1-10H3,(H,43,48)(H,44,49)(H,51,52)/t26-,27+,29-,30-,31+,33-,34-,35-,36+/m0/s1. The number of nitrogens with one attached hydrogen (secondary N) is 3. The van der Waals surface area contributed by atoms with Crippen molar-refractivity contribution >= 4 is 29.6 Å². The Morgan fingerprint density at radius 2 is 1.58 bits per heavy atom. The average Bonchev–Trinajstić information content (AvgIpc) is 3.64. The van der Waals surface area contributed by atoms with E-state index < -0.39 is 60.2 Å². The molecule has 0 bridgehead atoms. The second-order valence-corrected chi connectivity index (χ2v) is 15.5. The molecule has 1 aliphatic heterocycles. The maximum atomic E-state index is 14.2. The summed E-state index contributed by atoms with van der Waals surface area (Å²) in [6, 6.07) is 5.59. The fraction of sp³-hybridized carbons (Fsp3) is 0.725. The van der Waals surface area contributed by atoms with Gasteiger partial charge in [-0.1, -0.05) is 85.2 Å². The van der Waals surface area contributed by atoms with E-state index >= 15 is 0 Å². The van der Waals surface area contributed by atoms with Crippen molar-refractivity contribution in [2.24, 2.45) is 29.6 Å². The first-order chi connectivity index (χ1) is 26.0. The van der Waals surface area contributed by atoms with Crippen LogP contribution in [0, 0.1) is 23.7 Å². The molecule has 1 aliphatic rings. The Labute approximate surface area is 327 Å². The second kappa shape index (κ2) is 23.4. The first-order valence-electron chi connectivity index (χ1n) is 19.6. The van der Waals surface area contributed by atoms with Gasteiger partial charge in [0.25, 0.3) is 0 Å². The van der Waals surface area contributed by atoms with Crippen molar-refractivity contribution in [3.8, 4) is 0 Å². The van der Waals surface area contributed by atoms with Crippen LogP contribution in [0.5, 0.6) is 0 Å². The lowest BCUT2D eigenvalue weighted by Crippen LogP contribution is -2.60. The zero-order valence-electron chi connectivity index (χ0n) is 34.6. The van der Waals surface area contributed by atoms with Gasteiger partial charge in [0, 0.05) is 40.8 Å². The van der Waals surface area contributed by atoms with Crippen LogP contribution < -0.4 is 21.8 Å². The molecule has 0 saturated carbocycles. The number of likely N-dealkylation sites (tertiary alicyclic amines) is 1. The number of carbonyl (C=O) groups excluding carboxylic acids is 4. The van der Waals surface area contributed by atoms with Gasteiger partial charge in [0.15, 0.2) is 0 Å². The van der Waals surface area contributed by atoms with Crippen molar-refractivity contribution in [1.29, 1.82) is 0 Å². The third-order valence-electron chi connectivity index (χ3n) is 10.9. The van der Waals surface area contributed by atoms with E-state index in [1.807, 2.05) is 71.9 Å². The Morgan fingerprint density at radius 1 is 0.945 bits per heavy atom. The molecule has 15 nitrogen and oxygen atoms in total. The van der Waals surface area contributed by atoms with Gasteiger partial charge in [0.2, 0.25) is 23.6 Å². The van der Waals surface area contributed by atoms with Gasteiger partial charge in [-0.25, -0.2) is 10.7 Å². The molecule has 1 saturated heterocycles. The molecule has 6 N–H and O–H groups in total. The Hall–Kier alpha value is -3.63. The molecule has 0 unspecified atom stereocenters. The Balaban J connectivity index is 2.26. The highest BCUT2D eigenvalue weighted by Crippen LogP contribution is 2.30. The van der Waals surface area contributed by atoms with Crippen LogP contribution in [0.25, 0.3) is 0 Å². The lowest BCUT2D eigenvalue weighted by Gasteiger charge is -2.41. The van der Waals surface area contributed by atoms with Gasteiger partial charge in [-0.2, -0.15) is 0 Å². The van der Waals surface area contributed by atoms with Crippen LogP contribution in [0.4, 0.5) is 0 Å². The molecule has 15 heteroatoms. The third-order valence-corrected chi connectivity index (χ3v) is 10.9. The number of benzene rings is 1. The van der Waals surface area contributed by atoms with Crippen LogP contribution in [-0.4, -0.2) is 128 Å². The Bertz CT molecular complexity index is 1370. The molecule has 4 amide bonds. The van der Waals surface area contributed by atoms with Crippen LogP contribution in [0.2, 0.25) is 0 Å². The van der Waals surface area contributed by atoms with E-state index in [4.69, 9.17) is 15.4 Å². The van der Waals surface area contributed by atoms with Crippen molar-refractivity contribution in [2.45, 2.75) is 123 Å². The number of carboxylic acids is 1. The molecular weight excluding hydrogens is 708 g/mol. The molecule has 0 aliphatic carbocycles. The first kappa shape index (κ1) is 47.5. The van der Waals surface area contributed by atoms with Crippen LogP contribution in [0.3, 0.4) is 0 Å². The normalized spacial score (nSPS) is 18.9. The van der Waals surface area contributed by atoms with Crippen LogP contribution in [-0.2, 0) is 44.7 Å². The van der Waals surface area contributed by atoms with E-state index in [1.165, 1.54) is 14.2 Å². The van der Waals surface area contributed by atoms with Gasteiger partial charge in [0.1, 0.15) is 12.1 Å². The van der Waals surface area contributed by atoms with Crippen LogP contribution >= 0.6 is 0 Å². The molecule has 2 rings (SSSR count). The minimum Gasteiger partial charge on any atom is -0.480 e. The maximum Gasteiger partial charge on any atom is 0.326 e. The number of hydrogen-bond acceptors (Lipinski definition) is 10.